The van der Waals surface area contributed by atoms with Crippen LogP contribution in [-0.2, 0) is 13.5 Å². The van der Waals surface area contributed by atoms with E-state index in [1.807, 2.05) is 53.1 Å². The predicted octanol–water partition coefficient (Wildman–Crippen LogP) is 3.74. The molecule has 0 N–H and O–H groups in total. The lowest BCUT2D eigenvalue weighted by Gasteiger charge is -2.13. The number of hydrogen-bond acceptors (Lipinski definition) is 3. The van der Waals surface area contributed by atoms with Gasteiger partial charge in [0.15, 0.2) is 0 Å². The Labute approximate surface area is 138 Å². The number of nitrogens with zero attached hydrogens (tertiary/aromatic N) is 3. The summed E-state index contributed by atoms with van der Waals surface area (Å²) < 4.78 is 1.90. The molecule has 0 spiro atoms. The molecule has 21 heavy (non-hydrogen) atoms. The third-order valence-electron chi connectivity index (χ3n) is 3.07. The normalized spacial score (nSPS) is 10.7. The monoisotopic (exact) mass is 401 g/mol. The molecule has 0 radical (unpaired) electrons. The van der Waals surface area contributed by atoms with Crippen LogP contribution in [0.4, 0.5) is 0 Å². The molecule has 2 aromatic rings. The lowest BCUT2D eigenvalue weighted by atomic mass is 10.0. The van der Waals surface area contributed by atoms with Gasteiger partial charge in [0.25, 0.3) is 0 Å². The fourth-order valence-corrected chi connectivity index (χ4v) is 1.98. The number of aryl methyl sites for hydroxylation is 1. The van der Waals surface area contributed by atoms with Crippen LogP contribution in [0.15, 0.2) is 36.5 Å². The summed E-state index contributed by atoms with van der Waals surface area (Å²) in [6.45, 7) is 3.23. The average Bonchev–Trinajstić information content (AvgIpc) is 2.82. The Morgan fingerprint density at radius 3 is 2.38 bits per heavy atom. The van der Waals surface area contributed by atoms with Crippen LogP contribution in [0.25, 0.3) is 11.4 Å². The van der Waals surface area contributed by atoms with Gasteiger partial charge in [-0.25, -0.2) is 4.98 Å². The van der Waals surface area contributed by atoms with Crippen molar-refractivity contribution in [3.05, 3.63) is 52.3 Å². The Hall–Kier alpha value is -1.44. The largest absolute Gasteiger partial charge is 0.334 e. The van der Waals surface area contributed by atoms with Crippen LogP contribution >= 0.6 is 22.6 Å². The molecular weight excluding hydrogens is 381 g/mol. The highest BCUT2D eigenvalue weighted by atomic mass is 127. The quantitative estimate of drug-likeness (QED) is 0.340. The zero-order valence-corrected chi connectivity index (χ0v) is 14.9. The molecule has 6 heteroatoms. The second kappa shape index (κ2) is 7.53. The lowest BCUT2D eigenvalue weighted by Crippen LogP contribution is -2.33. The smallest absolute Gasteiger partial charge is 0.222 e. The van der Waals surface area contributed by atoms with Gasteiger partial charge in [0.2, 0.25) is 5.54 Å². The van der Waals surface area contributed by atoms with Gasteiger partial charge >= 0.3 is 0 Å². The van der Waals surface area contributed by atoms with Gasteiger partial charge in [-0.1, -0.05) is 52.9 Å². The van der Waals surface area contributed by atoms with Crippen LogP contribution < -0.4 is 0 Å². The van der Waals surface area contributed by atoms with E-state index in [0.29, 0.717) is 6.42 Å². The molecule has 0 atom stereocenters. The van der Waals surface area contributed by atoms with Crippen LogP contribution in [-0.4, -0.2) is 24.9 Å². The van der Waals surface area contributed by atoms with Crippen molar-refractivity contribution in [3.63, 3.8) is 0 Å². The van der Waals surface area contributed by atoms with Gasteiger partial charge in [0.05, 0.1) is 12.1 Å². The molecule has 0 bridgehead atoms. The summed E-state index contributed by atoms with van der Waals surface area (Å²) in [4.78, 5) is 17.2. The molecule has 2 rings (SSSR count). The van der Waals surface area contributed by atoms with E-state index in [2.05, 4.69) is 27.6 Å². The van der Waals surface area contributed by atoms with Crippen LogP contribution in [0.2, 0.25) is 0 Å². The van der Waals surface area contributed by atoms with Crippen molar-refractivity contribution in [2.24, 2.45) is 7.05 Å². The van der Waals surface area contributed by atoms with Crippen LogP contribution in [0, 0.1) is 10.1 Å². The third-order valence-corrected chi connectivity index (χ3v) is 3.07. The van der Waals surface area contributed by atoms with Crippen LogP contribution in [0.1, 0.15) is 19.5 Å². The third kappa shape index (κ3) is 4.52. The van der Waals surface area contributed by atoms with Crippen molar-refractivity contribution in [2.75, 3.05) is 4.93 Å². The molecule has 0 aliphatic carbocycles. The van der Waals surface area contributed by atoms with E-state index in [1.165, 1.54) is 0 Å². The van der Waals surface area contributed by atoms with Crippen molar-refractivity contribution in [1.29, 1.82) is 0 Å². The second-order valence-corrected chi connectivity index (χ2v) is 5.28. The molecular formula is C15H20IN3O2. The number of imidazole rings is 1. The maximum Gasteiger partial charge on any atom is 0.222 e. The highest BCUT2D eigenvalue weighted by Gasteiger charge is 2.32. The molecule has 1 aromatic heterocycles. The highest BCUT2D eigenvalue weighted by Crippen LogP contribution is 2.21. The highest BCUT2D eigenvalue weighted by molar-refractivity contribution is 14.1. The summed E-state index contributed by atoms with van der Waals surface area (Å²) in [6.07, 6.45) is 2.17. The van der Waals surface area contributed by atoms with Gasteiger partial charge in [0.1, 0.15) is 5.82 Å². The minimum absolute atomic E-state index is 0.260. The van der Waals surface area contributed by atoms with Gasteiger partial charge in [-0.2, -0.15) is 0 Å². The van der Waals surface area contributed by atoms with Crippen molar-refractivity contribution in [3.8, 4) is 11.4 Å². The number of benzene rings is 1. The molecule has 0 amide bonds. The summed E-state index contributed by atoms with van der Waals surface area (Å²) in [7, 11) is 1.90. The molecule has 114 valence electrons. The van der Waals surface area contributed by atoms with Gasteiger partial charge < -0.3 is 4.57 Å². The molecule has 0 saturated carbocycles. The zero-order valence-electron chi connectivity index (χ0n) is 12.7. The van der Waals surface area contributed by atoms with Gasteiger partial charge in [-0.3, -0.25) is 10.1 Å². The first-order valence-electron chi connectivity index (χ1n) is 6.50. The first-order valence-corrected chi connectivity index (χ1v) is 8.66. The first-order chi connectivity index (χ1) is 9.90. The Morgan fingerprint density at radius 2 is 1.86 bits per heavy atom. The lowest BCUT2D eigenvalue weighted by molar-refractivity contribution is -0.560. The van der Waals surface area contributed by atoms with E-state index < -0.39 is 5.54 Å². The predicted molar refractivity (Wildman–Crippen MR) is 93.4 cm³/mol. The Morgan fingerprint density at radius 1 is 1.29 bits per heavy atom. The first kappa shape index (κ1) is 17.6. The molecule has 1 aromatic carbocycles. The fourth-order valence-electron chi connectivity index (χ4n) is 1.98. The van der Waals surface area contributed by atoms with E-state index in [0.717, 1.165) is 17.1 Å². The Balaban J connectivity index is 0.00000106. The van der Waals surface area contributed by atoms with E-state index in [4.69, 9.17) is 0 Å². The number of nitro groups is 1. The summed E-state index contributed by atoms with van der Waals surface area (Å²) in [5.41, 5.74) is 0.751. The topological polar surface area (TPSA) is 61.0 Å². The molecule has 0 aliphatic rings. The van der Waals surface area contributed by atoms with E-state index in [-0.39, 0.29) is 4.92 Å². The van der Waals surface area contributed by atoms with Crippen molar-refractivity contribution < 1.29 is 4.92 Å². The summed E-state index contributed by atoms with van der Waals surface area (Å²) in [5, 5.41) is 11.0. The van der Waals surface area contributed by atoms with E-state index >= 15 is 0 Å². The SMILES string of the molecule is CI.Cn1cc(CC(C)(C)[N+](=O)[O-])nc1-c1ccccc1. The molecule has 0 unspecified atom stereocenters. The maximum atomic E-state index is 11.0. The molecule has 0 aliphatic heterocycles. The summed E-state index contributed by atoms with van der Waals surface area (Å²) in [6, 6.07) is 9.80. The fraction of sp³-hybridized carbons (Fsp3) is 0.400. The number of aromatic nitrogens is 2. The average molecular weight is 401 g/mol. The summed E-state index contributed by atoms with van der Waals surface area (Å²) in [5.74, 6) is 0.828. The Bertz CT molecular complexity index is 594. The zero-order chi connectivity index (χ0) is 16.0. The minimum Gasteiger partial charge on any atom is -0.334 e. The number of rotatable bonds is 4. The molecule has 1 heterocycles. The molecule has 0 fully saturated rings. The number of hydrogen-bond donors (Lipinski definition) is 0. The Kier molecular flexibility index (Phi) is 6.32. The van der Waals surface area contributed by atoms with Gasteiger partial charge in [-0.15, -0.1) is 0 Å². The van der Waals surface area contributed by atoms with Gasteiger partial charge in [0, 0.05) is 37.6 Å². The number of alkyl halides is 1. The van der Waals surface area contributed by atoms with E-state index in [1.54, 1.807) is 13.8 Å². The maximum absolute atomic E-state index is 11.0. The van der Waals surface area contributed by atoms with Crippen molar-refractivity contribution in [1.82, 2.24) is 9.55 Å². The van der Waals surface area contributed by atoms with Crippen molar-refractivity contribution in [2.45, 2.75) is 25.8 Å². The number of halogens is 1. The van der Waals surface area contributed by atoms with Crippen LogP contribution in [0.5, 0.6) is 0 Å². The minimum atomic E-state index is -0.998. The summed E-state index contributed by atoms with van der Waals surface area (Å²) >= 11 is 2.15. The van der Waals surface area contributed by atoms with Crippen molar-refractivity contribution >= 4 is 22.6 Å². The standard InChI is InChI=1S/C14H17N3O2.CH3I/c1-14(2,17(18)19)9-12-10-16(3)13(15-12)11-7-5-4-6-8-11;1-2/h4-8,10H,9H2,1-3H3;1H3. The van der Waals surface area contributed by atoms with Crippen LogP contribution in [0.3, 0.4) is 0 Å². The second-order valence-electron chi connectivity index (χ2n) is 5.28. The van der Waals surface area contributed by atoms with Gasteiger partial charge in [-0.05, 0) is 4.93 Å². The molecule has 0 saturated heterocycles. The van der Waals surface area contributed by atoms with E-state index in [9.17, 15) is 10.1 Å². The molecule has 5 nitrogen and oxygen atoms in total.